The smallest absolute Gasteiger partial charge is 0.262 e. The lowest BCUT2D eigenvalue weighted by Crippen LogP contribution is -2.54. The predicted octanol–water partition coefficient (Wildman–Crippen LogP) is 1.56. The number of benzene rings is 1. The number of nitrogens with zero attached hydrogens (tertiary/aromatic N) is 7. The highest BCUT2D eigenvalue weighted by Gasteiger charge is 2.44. The van der Waals surface area contributed by atoms with Crippen molar-refractivity contribution in [2.24, 2.45) is 5.92 Å². The number of piperazine rings is 1. The van der Waals surface area contributed by atoms with Crippen molar-refractivity contribution in [1.82, 2.24) is 34.9 Å². The third kappa shape index (κ3) is 5.13. The molecule has 0 radical (unpaired) electrons. The highest BCUT2D eigenvalue weighted by molar-refractivity contribution is 6.23. The van der Waals surface area contributed by atoms with Gasteiger partial charge in [0, 0.05) is 57.2 Å². The molecule has 0 bridgehead atoms. The zero-order valence-corrected chi connectivity index (χ0v) is 23.9. The van der Waals surface area contributed by atoms with Gasteiger partial charge in [0.15, 0.2) is 5.82 Å². The first-order valence-corrected chi connectivity index (χ1v) is 14.7. The fourth-order valence-corrected chi connectivity index (χ4v) is 6.28. The van der Waals surface area contributed by atoms with Crippen molar-refractivity contribution in [2.75, 3.05) is 50.0 Å². The van der Waals surface area contributed by atoms with Gasteiger partial charge in [-0.3, -0.25) is 34.1 Å². The van der Waals surface area contributed by atoms with E-state index >= 15 is 0 Å². The van der Waals surface area contributed by atoms with E-state index in [1.807, 2.05) is 29.3 Å². The topological polar surface area (TPSA) is 146 Å². The number of aromatic nitrogens is 4. The molecule has 7 rings (SSSR count). The van der Waals surface area contributed by atoms with Gasteiger partial charge in [-0.05, 0) is 56.5 Å². The lowest BCUT2D eigenvalue weighted by atomic mass is 9.80. The molecule has 1 atom stereocenters. The van der Waals surface area contributed by atoms with Crippen molar-refractivity contribution in [2.45, 2.75) is 37.8 Å². The van der Waals surface area contributed by atoms with Gasteiger partial charge in [-0.15, -0.1) is 0 Å². The molecule has 1 unspecified atom stereocenters. The van der Waals surface area contributed by atoms with Crippen LogP contribution in [-0.2, 0) is 9.59 Å². The molecular weight excluding hydrogens is 550 g/mol. The van der Waals surface area contributed by atoms with Crippen molar-refractivity contribution in [3.8, 4) is 11.4 Å². The Kier molecular flexibility index (Phi) is 6.88. The van der Waals surface area contributed by atoms with E-state index in [-0.39, 0.29) is 24.0 Å². The van der Waals surface area contributed by atoms with Crippen molar-refractivity contribution in [3.63, 3.8) is 0 Å². The van der Waals surface area contributed by atoms with Gasteiger partial charge < -0.3 is 15.1 Å². The van der Waals surface area contributed by atoms with Crippen LogP contribution >= 0.6 is 0 Å². The average Bonchev–Trinajstić information content (AvgIpc) is 3.56. The van der Waals surface area contributed by atoms with Gasteiger partial charge >= 0.3 is 0 Å². The zero-order chi connectivity index (χ0) is 29.7. The molecule has 3 fully saturated rings. The maximum absolute atomic E-state index is 13.1. The SMILES string of the molecule is CN1CCN(c2ccnc(-c3cnn(C4CC(CNc5ccc6c(c5)C(=O)N(C5CCC(=O)NC5=O)C6=O)C4)c3)n2)CC1. The molecule has 2 saturated heterocycles. The van der Waals surface area contributed by atoms with Crippen molar-refractivity contribution in [3.05, 3.63) is 54.0 Å². The molecular formula is C30H33N9O4. The Morgan fingerprint density at radius 2 is 1.79 bits per heavy atom. The van der Waals surface area contributed by atoms with Crippen LogP contribution in [0.2, 0.25) is 0 Å². The number of rotatable bonds is 7. The van der Waals surface area contributed by atoms with Crippen LogP contribution < -0.4 is 15.5 Å². The summed E-state index contributed by atoms with van der Waals surface area (Å²) in [7, 11) is 2.14. The number of hydrogen-bond donors (Lipinski definition) is 2. The third-order valence-electron chi connectivity index (χ3n) is 8.95. The summed E-state index contributed by atoms with van der Waals surface area (Å²) in [5.74, 6) is 0.0473. The number of piperidine rings is 1. The largest absolute Gasteiger partial charge is 0.385 e. The van der Waals surface area contributed by atoms with E-state index < -0.39 is 29.7 Å². The summed E-state index contributed by atoms with van der Waals surface area (Å²) in [6.45, 7) is 4.65. The molecule has 3 aromatic rings. The van der Waals surface area contributed by atoms with Crippen LogP contribution in [0.25, 0.3) is 11.4 Å². The van der Waals surface area contributed by atoms with E-state index in [2.05, 4.69) is 37.6 Å². The summed E-state index contributed by atoms with van der Waals surface area (Å²) in [4.78, 5) is 64.7. The van der Waals surface area contributed by atoms with Crippen molar-refractivity contribution in [1.29, 1.82) is 0 Å². The summed E-state index contributed by atoms with van der Waals surface area (Å²) in [5, 5.41) is 10.2. The van der Waals surface area contributed by atoms with Crippen LogP contribution in [0.3, 0.4) is 0 Å². The zero-order valence-electron chi connectivity index (χ0n) is 23.9. The van der Waals surface area contributed by atoms with Gasteiger partial charge in [0.05, 0.1) is 28.9 Å². The molecule has 1 aliphatic carbocycles. The van der Waals surface area contributed by atoms with Gasteiger partial charge in [0.2, 0.25) is 11.8 Å². The van der Waals surface area contributed by atoms with Crippen molar-refractivity contribution < 1.29 is 19.2 Å². The Balaban J connectivity index is 0.936. The minimum atomic E-state index is -0.969. The van der Waals surface area contributed by atoms with Crippen LogP contribution in [0, 0.1) is 5.92 Å². The minimum absolute atomic E-state index is 0.0940. The summed E-state index contributed by atoms with van der Waals surface area (Å²) >= 11 is 0. The maximum Gasteiger partial charge on any atom is 0.262 e. The van der Waals surface area contributed by atoms with E-state index in [0.29, 0.717) is 17.8 Å². The van der Waals surface area contributed by atoms with Gasteiger partial charge in [0.1, 0.15) is 11.9 Å². The molecule has 5 heterocycles. The highest BCUT2D eigenvalue weighted by Crippen LogP contribution is 2.38. The van der Waals surface area contributed by atoms with Crippen LogP contribution in [-0.4, -0.2) is 99.0 Å². The first-order valence-electron chi connectivity index (χ1n) is 14.7. The summed E-state index contributed by atoms with van der Waals surface area (Å²) in [6.07, 6.45) is 7.82. The average molecular weight is 584 g/mol. The molecule has 13 heteroatoms. The fraction of sp³-hybridized carbons (Fsp3) is 0.433. The predicted molar refractivity (Wildman–Crippen MR) is 156 cm³/mol. The standard InChI is InChI=1S/C30H33N9O4/c1-36-8-10-37(11-9-36)25-6-7-31-27(34-25)19-16-33-38(17-19)21-12-18(13-21)15-32-20-2-3-22-23(14-20)30(43)39(29(22)42)24-4-5-26(40)35-28(24)41/h2-3,6-7,14,16-18,21,24,32H,4-5,8-13,15H2,1H3,(H,35,40,41). The highest BCUT2D eigenvalue weighted by atomic mass is 16.2. The molecule has 13 nitrogen and oxygen atoms in total. The number of carbonyl (C=O) groups is 4. The summed E-state index contributed by atoms with van der Waals surface area (Å²) < 4.78 is 2.00. The van der Waals surface area contributed by atoms with Crippen LogP contribution in [0.15, 0.2) is 42.9 Å². The fourth-order valence-electron chi connectivity index (χ4n) is 6.28. The molecule has 4 aliphatic rings. The summed E-state index contributed by atoms with van der Waals surface area (Å²) in [6, 6.07) is 6.37. The Hall–Kier alpha value is -4.65. The maximum atomic E-state index is 13.1. The number of amides is 4. The van der Waals surface area contributed by atoms with E-state index in [1.165, 1.54) is 0 Å². The molecule has 4 amide bonds. The number of hydrogen-bond acceptors (Lipinski definition) is 10. The van der Waals surface area contributed by atoms with E-state index in [9.17, 15) is 19.2 Å². The monoisotopic (exact) mass is 583 g/mol. The quantitative estimate of drug-likeness (QED) is 0.393. The first-order chi connectivity index (χ1) is 20.8. The molecule has 2 N–H and O–H groups in total. The Labute approximate surface area is 248 Å². The van der Waals surface area contributed by atoms with Crippen LogP contribution in [0.4, 0.5) is 11.5 Å². The second-order valence-corrected chi connectivity index (χ2v) is 11.8. The first kappa shape index (κ1) is 27.2. The normalized spacial score (nSPS) is 24.2. The minimum Gasteiger partial charge on any atom is -0.385 e. The third-order valence-corrected chi connectivity index (χ3v) is 8.95. The van der Waals surface area contributed by atoms with E-state index in [4.69, 9.17) is 4.98 Å². The number of imide groups is 2. The van der Waals surface area contributed by atoms with Crippen LogP contribution in [0.1, 0.15) is 52.4 Å². The Morgan fingerprint density at radius 1 is 1.00 bits per heavy atom. The Bertz CT molecular complexity index is 1610. The number of anilines is 2. The molecule has 1 aromatic carbocycles. The molecule has 0 spiro atoms. The van der Waals surface area contributed by atoms with Gasteiger partial charge in [-0.25, -0.2) is 9.97 Å². The van der Waals surface area contributed by atoms with Crippen LogP contribution in [0.5, 0.6) is 0 Å². The second-order valence-electron chi connectivity index (χ2n) is 11.8. The number of carbonyl (C=O) groups excluding carboxylic acids is 4. The van der Waals surface area contributed by atoms with Gasteiger partial charge in [0.25, 0.3) is 11.8 Å². The lowest BCUT2D eigenvalue weighted by Gasteiger charge is -2.35. The van der Waals surface area contributed by atoms with Gasteiger partial charge in [-0.1, -0.05) is 0 Å². The molecule has 2 aromatic heterocycles. The number of likely N-dealkylation sites (N-methyl/N-ethyl adjacent to an activating group) is 1. The van der Waals surface area contributed by atoms with Gasteiger partial charge in [-0.2, -0.15) is 5.10 Å². The molecule has 3 aliphatic heterocycles. The summed E-state index contributed by atoms with van der Waals surface area (Å²) in [5.41, 5.74) is 2.19. The van der Waals surface area contributed by atoms with E-state index in [0.717, 1.165) is 67.5 Å². The molecule has 222 valence electrons. The molecule has 43 heavy (non-hydrogen) atoms. The Morgan fingerprint density at radius 3 is 2.58 bits per heavy atom. The van der Waals surface area contributed by atoms with E-state index in [1.54, 1.807) is 18.2 Å². The number of fused-ring (bicyclic) bond motifs is 1. The second kappa shape index (κ2) is 10.9. The van der Waals surface area contributed by atoms with Crippen molar-refractivity contribution >= 4 is 35.1 Å². The lowest BCUT2D eigenvalue weighted by molar-refractivity contribution is -0.136. The number of nitrogens with one attached hydrogen (secondary N) is 2. The molecule has 1 saturated carbocycles.